The van der Waals surface area contributed by atoms with Crippen LogP contribution in [0.25, 0.3) is 0 Å². The Labute approximate surface area is 173 Å². The molecule has 2 aromatic rings. The Morgan fingerprint density at radius 1 is 1.03 bits per heavy atom. The summed E-state index contributed by atoms with van der Waals surface area (Å²) in [6.07, 6.45) is 0. The van der Waals surface area contributed by atoms with Gasteiger partial charge < -0.3 is 14.4 Å². The third-order valence-electron chi connectivity index (χ3n) is 4.63. The highest BCUT2D eigenvalue weighted by molar-refractivity contribution is 7.89. The van der Waals surface area contributed by atoms with Crippen molar-refractivity contribution in [3.8, 4) is 11.5 Å². The quantitative estimate of drug-likeness (QED) is 0.662. The van der Waals surface area contributed by atoms with Gasteiger partial charge in [-0.25, -0.2) is 8.42 Å². The number of carbonyl (C=O) groups excluding carboxylic acids is 1. The normalized spacial score (nSPS) is 15.3. The van der Waals surface area contributed by atoms with Gasteiger partial charge in [-0.3, -0.25) is 4.79 Å². The Hall–Kier alpha value is -2.72. The predicted molar refractivity (Wildman–Crippen MR) is 105 cm³/mol. The highest BCUT2D eigenvalue weighted by atomic mass is 32.2. The smallest absolute Gasteiger partial charge is 0.387 e. The van der Waals surface area contributed by atoms with Crippen LogP contribution in [0.1, 0.15) is 17.3 Å². The highest BCUT2D eigenvalue weighted by Crippen LogP contribution is 2.24. The molecule has 0 N–H and O–H groups in total. The standard InChI is InChI=1S/C20H22F2N2O5S/c1-2-28-15-7-9-16(10-8-15)30(26,27)24-13-11-23(12-14-24)19(25)17-5-3-4-6-18(17)29-20(21)22/h3-10,20H,2,11-14H2,1H3. The molecule has 0 spiro atoms. The zero-order chi connectivity index (χ0) is 21.7. The van der Waals surface area contributed by atoms with Crippen LogP contribution in [-0.4, -0.2) is 62.9 Å². The first-order valence-electron chi connectivity index (χ1n) is 9.39. The van der Waals surface area contributed by atoms with Crippen molar-refractivity contribution in [3.05, 3.63) is 54.1 Å². The van der Waals surface area contributed by atoms with Gasteiger partial charge in [-0.05, 0) is 43.3 Å². The molecule has 1 aliphatic rings. The molecule has 162 valence electrons. The van der Waals surface area contributed by atoms with Crippen molar-refractivity contribution in [2.24, 2.45) is 0 Å². The monoisotopic (exact) mass is 440 g/mol. The Morgan fingerprint density at radius 2 is 1.67 bits per heavy atom. The van der Waals surface area contributed by atoms with Crippen molar-refractivity contribution in [1.82, 2.24) is 9.21 Å². The molecule has 7 nitrogen and oxygen atoms in total. The maximum absolute atomic E-state index is 12.9. The minimum atomic E-state index is -3.72. The molecule has 1 amide bonds. The van der Waals surface area contributed by atoms with Gasteiger partial charge in [0, 0.05) is 26.2 Å². The van der Waals surface area contributed by atoms with Crippen molar-refractivity contribution in [3.63, 3.8) is 0 Å². The predicted octanol–water partition coefficient (Wildman–Crippen LogP) is 2.83. The van der Waals surface area contributed by atoms with Crippen LogP contribution in [0.15, 0.2) is 53.4 Å². The van der Waals surface area contributed by atoms with Crippen LogP contribution in [0, 0.1) is 0 Å². The Morgan fingerprint density at radius 3 is 2.27 bits per heavy atom. The van der Waals surface area contributed by atoms with Gasteiger partial charge in [0.2, 0.25) is 10.0 Å². The van der Waals surface area contributed by atoms with Crippen LogP contribution >= 0.6 is 0 Å². The van der Waals surface area contributed by atoms with Crippen LogP contribution in [0.3, 0.4) is 0 Å². The van der Waals surface area contributed by atoms with Crippen molar-refractivity contribution >= 4 is 15.9 Å². The molecule has 1 fully saturated rings. The number of benzene rings is 2. The van der Waals surface area contributed by atoms with Crippen LogP contribution in [0.4, 0.5) is 8.78 Å². The topological polar surface area (TPSA) is 76.2 Å². The molecule has 0 bridgehead atoms. The molecule has 30 heavy (non-hydrogen) atoms. The van der Waals surface area contributed by atoms with E-state index in [1.807, 2.05) is 6.92 Å². The van der Waals surface area contributed by atoms with Crippen molar-refractivity contribution in [1.29, 1.82) is 0 Å². The van der Waals surface area contributed by atoms with E-state index < -0.39 is 22.5 Å². The van der Waals surface area contributed by atoms with E-state index in [2.05, 4.69) is 4.74 Å². The van der Waals surface area contributed by atoms with E-state index in [0.717, 1.165) is 0 Å². The number of hydrogen-bond donors (Lipinski definition) is 0. The summed E-state index contributed by atoms with van der Waals surface area (Å²) in [6, 6.07) is 11.9. The summed E-state index contributed by atoms with van der Waals surface area (Å²) in [5, 5.41) is 0. The third-order valence-corrected chi connectivity index (χ3v) is 6.54. The van der Waals surface area contributed by atoms with Gasteiger partial charge in [0.05, 0.1) is 17.1 Å². The van der Waals surface area contributed by atoms with Crippen LogP contribution in [-0.2, 0) is 10.0 Å². The van der Waals surface area contributed by atoms with E-state index in [-0.39, 0.29) is 42.4 Å². The number of carbonyl (C=O) groups is 1. The lowest BCUT2D eigenvalue weighted by Gasteiger charge is -2.34. The molecule has 1 aliphatic heterocycles. The fourth-order valence-electron chi connectivity index (χ4n) is 3.17. The maximum atomic E-state index is 12.9. The number of halogens is 2. The van der Waals surface area contributed by atoms with E-state index in [4.69, 9.17) is 4.74 Å². The molecule has 1 heterocycles. The van der Waals surface area contributed by atoms with Crippen LogP contribution in [0.2, 0.25) is 0 Å². The average molecular weight is 440 g/mol. The van der Waals surface area contributed by atoms with E-state index in [9.17, 15) is 22.0 Å². The lowest BCUT2D eigenvalue weighted by atomic mass is 10.1. The van der Waals surface area contributed by atoms with Crippen molar-refractivity contribution in [2.75, 3.05) is 32.8 Å². The number of alkyl halides is 2. The van der Waals surface area contributed by atoms with E-state index in [1.54, 1.807) is 18.2 Å². The number of nitrogens with zero attached hydrogens (tertiary/aromatic N) is 2. The third kappa shape index (κ3) is 4.88. The summed E-state index contributed by atoms with van der Waals surface area (Å²) < 4.78 is 61.9. The molecule has 10 heteroatoms. The SMILES string of the molecule is CCOc1ccc(S(=O)(=O)N2CCN(C(=O)c3ccccc3OC(F)F)CC2)cc1. The number of ether oxygens (including phenoxy) is 2. The molecule has 0 aliphatic carbocycles. The summed E-state index contributed by atoms with van der Waals surface area (Å²) in [5.74, 6) is -0.108. The molecule has 2 aromatic carbocycles. The van der Waals surface area contributed by atoms with Gasteiger partial charge in [-0.2, -0.15) is 13.1 Å². The largest absolute Gasteiger partial charge is 0.494 e. The van der Waals surface area contributed by atoms with Gasteiger partial charge in [0.25, 0.3) is 5.91 Å². The summed E-state index contributed by atoms with van der Waals surface area (Å²) >= 11 is 0. The van der Waals surface area contributed by atoms with Gasteiger partial charge >= 0.3 is 6.61 Å². The number of amides is 1. The number of hydrogen-bond acceptors (Lipinski definition) is 5. The summed E-state index contributed by atoms with van der Waals surface area (Å²) in [4.78, 5) is 14.3. The van der Waals surface area contributed by atoms with Gasteiger partial charge in [0.1, 0.15) is 11.5 Å². The summed E-state index contributed by atoms with van der Waals surface area (Å²) in [6.45, 7) is -0.263. The summed E-state index contributed by atoms with van der Waals surface area (Å²) in [7, 11) is -3.72. The van der Waals surface area contributed by atoms with Crippen LogP contribution < -0.4 is 9.47 Å². The van der Waals surface area contributed by atoms with E-state index in [1.165, 1.54) is 39.5 Å². The Balaban J connectivity index is 1.68. The first kappa shape index (κ1) is 22.0. The number of rotatable bonds is 7. The van der Waals surface area contributed by atoms with Crippen molar-refractivity contribution in [2.45, 2.75) is 18.4 Å². The highest BCUT2D eigenvalue weighted by Gasteiger charge is 2.31. The fourth-order valence-corrected chi connectivity index (χ4v) is 4.59. The zero-order valence-electron chi connectivity index (χ0n) is 16.3. The second-order valence-electron chi connectivity index (χ2n) is 6.48. The van der Waals surface area contributed by atoms with Gasteiger partial charge in [-0.15, -0.1) is 0 Å². The molecule has 0 atom stereocenters. The molecule has 0 aromatic heterocycles. The zero-order valence-corrected chi connectivity index (χ0v) is 17.1. The van der Waals surface area contributed by atoms with E-state index >= 15 is 0 Å². The van der Waals surface area contributed by atoms with E-state index in [0.29, 0.717) is 12.4 Å². The van der Waals surface area contributed by atoms with Crippen LogP contribution in [0.5, 0.6) is 11.5 Å². The molecular weight excluding hydrogens is 418 g/mol. The molecule has 3 rings (SSSR count). The minimum absolute atomic E-state index is 0.0145. The molecule has 0 radical (unpaired) electrons. The molecule has 1 saturated heterocycles. The van der Waals surface area contributed by atoms with Gasteiger partial charge in [-0.1, -0.05) is 12.1 Å². The molecule has 0 unspecified atom stereocenters. The van der Waals surface area contributed by atoms with Gasteiger partial charge in [0.15, 0.2) is 0 Å². The second kappa shape index (κ2) is 9.40. The maximum Gasteiger partial charge on any atom is 0.387 e. The number of para-hydroxylation sites is 1. The number of piperazine rings is 1. The Kier molecular flexibility index (Phi) is 6.88. The Bertz CT molecular complexity index is 975. The first-order chi connectivity index (χ1) is 14.3. The summed E-state index contributed by atoms with van der Waals surface area (Å²) in [5.41, 5.74) is 0.0145. The van der Waals surface area contributed by atoms with Crippen molar-refractivity contribution < 1.29 is 31.5 Å². The lowest BCUT2D eigenvalue weighted by molar-refractivity contribution is -0.0503. The molecule has 0 saturated carbocycles. The first-order valence-corrected chi connectivity index (χ1v) is 10.8. The second-order valence-corrected chi connectivity index (χ2v) is 8.41. The number of sulfonamides is 1. The lowest BCUT2D eigenvalue weighted by Crippen LogP contribution is -2.50. The average Bonchev–Trinajstić information content (AvgIpc) is 2.74. The fraction of sp³-hybridized carbons (Fsp3) is 0.350. The minimum Gasteiger partial charge on any atom is -0.494 e. The molecular formula is C20H22F2N2O5S.